The number of hydrogen-bond acceptors (Lipinski definition) is 5. The normalized spacial score (nSPS) is 10.4. The fourth-order valence-corrected chi connectivity index (χ4v) is 1.01. The lowest BCUT2D eigenvalue weighted by molar-refractivity contribution is -0.138. The van der Waals surface area contributed by atoms with Gasteiger partial charge < -0.3 is 19.7 Å². The highest BCUT2D eigenvalue weighted by molar-refractivity contribution is 5.86. The Hall–Kier alpha value is -1.33. The maximum atomic E-state index is 10.9. The topological polar surface area (TPSA) is 50.8 Å². The monoisotopic (exact) mass is 300 g/mol. The van der Waals surface area contributed by atoms with E-state index in [1.807, 2.05) is 14.1 Å². The third-order valence-electron chi connectivity index (χ3n) is 2.11. The first-order valence-electron chi connectivity index (χ1n) is 7.05. The predicted molar refractivity (Wildman–Crippen MR) is 88.2 cm³/mol. The standard InChI is InChI=1S/C10H19NO2.C6H13NO/c1-8(2)9(12)13-7-6-11-10(3,4)5;1-4-8-6-5-7(2)3/h11H,1,6-7H2,2-5H3;4H,1,5-6H2,2-3H3. The lowest BCUT2D eigenvalue weighted by atomic mass is 10.1. The average Bonchev–Trinajstić information content (AvgIpc) is 2.34. The van der Waals surface area contributed by atoms with Crippen LogP contribution in [0.5, 0.6) is 0 Å². The van der Waals surface area contributed by atoms with Gasteiger partial charge in [0.1, 0.15) is 6.61 Å². The van der Waals surface area contributed by atoms with Crippen LogP contribution in [-0.4, -0.2) is 56.8 Å². The maximum Gasteiger partial charge on any atom is 0.333 e. The van der Waals surface area contributed by atoms with E-state index in [-0.39, 0.29) is 11.5 Å². The molecule has 1 N–H and O–H groups in total. The van der Waals surface area contributed by atoms with E-state index in [1.165, 1.54) is 6.26 Å². The molecule has 0 heterocycles. The Morgan fingerprint density at radius 1 is 1.29 bits per heavy atom. The van der Waals surface area contributed by atoms with Crippen molar-refractivity contribution >= 4 is 5.97 Å². The molecular weight excluding hydrogens is 268 g/mol. The second kappa shape index (κ2) is 12.4. The van der Waals surface area contributed by atoms with E-state index >= 15 is 0 Å². The lowest BCUT2D eigenvalue weighted by Gasteiger charge is -2.20. The molecule has 0 fully saturated rings. The van der Waals surface area contributed by atoms with Crippen molar-refractivity contribution in [3.8, 4) is 0 Å². The van der Waals surface area contributed by atoms with Crippen molar-refractivity contribution in [1.82, 2.24) is 10.2 Å². The average molecular weight is 300 g/mol. The van der Waals surface area contributed by atoms with Gasteiger partial charge >= 0.3 is 5.97 Å². The van der Waals surface area contributed by atoms with Gasteiger partial charge in [-0.2, -0.15) is 0 Å². The number of nitrogens with zero attached hydrogens (tertiary/aromatic N) is 1. The fraction of sp³-hybridized carbons (Fsp3) is 0.688. The van der Waals surface area contributed by atoms with Gasteiger partial charge in [0.05, 0.1) is 12.9 Å². The predicted octanol–water partition coefficient (Wildman–Crippen LogP) is 2.20. The molecule has 0 saturated heterocycles. The zero-order valence-corrected chi connectivity index (χ0v) is 14.5. The van der Waals surface area contributed by atoms with Gasteiger partial charge in [0.15, 0.2) is 0 Å². The number of nitrogens with one attached hydrogen (secondary N) is 1. The van der Waals surface area contributed by atoms with E-state index in [4.69, 9.17) is 9.47 Å². The second-order valence-corrected chi connectivity index (χ2v) is 5.93. The van der Waals surface area contributed by atoms with Gasteiger partial charge in [-0.1, -0.05) is 13.2 Å². The lowest BCUT2D eigenvalue weighted by Crippen LogP contribution is -2.38. The largest absolute Gasteiger partial charge is 0.500 e. The highest BCUT2D eigenvalue weighted by Crippen LogP contribution is 1.97. The molecule has 5 heteroatoms. The summed E-state index contributed by atoms with van der Waals surface area (Å²) in [5, 5.41) is 3.21. The zero-order chi connectivity index (χ0) is 16.9. The number of carbonyl (C=O) groups is 1. The van der Waals surface area contributed by atoms with Gasteiger partial charge in [-0.3, -0.25) is 0 Å². The van der Waals surface area contributed by atoms with Crippen LogP contribution in [-0.2, 0) is 14.3 Å². The molecule has 0 aromatic carbocycles. The Morgan fingerprint density at radius 2 is 1.86 bits per heavy atom. The van der Waals surface area contributed by atoms with Crippen LogP contribution >= 0.6 is 0 Å². The van der Waals surface area contributed by atoms with Crippen LogP contribution in [0, 0.1) is 0 Å². The maximum absolute atomic E-state index is 10.9. The van der Waals surface area contributed by atoms with E-state index in [2.05, 4.69) is 44.1 Å². The second-order valence-electron chi connectivity index (χ2n) is 5.93. The molecule has 0 aliphatic rings. The molecule has 0 bridgehead atoms. The van der Waals surface area contributed by atoms with Crippen molar-refractivity contribution in [2.75, 3.05) is 40.4 Å². The van der Waals surface area contributed by atoms with E-state index in [1.54, 1.807) is 6.92 Å². The van der Waals surface area contributed by atoms with Crippen molar-refractivity contribution in [2.45, 2.75) is 33.2 Å². The van der Waals surface area contributed by atoms with E-state index in [0.717, 1.165) is 13.2 Å². The number of likely N-dealkylation sites (N-methyl/N-ethyl adjacent to an activating group) is 1. The molecule has 5 nitrogen and oxygen atoms in total. The fourth-order valence-electron chi connectivity index (χ4n) is 1.01. The Kier molecular flexibility index (Phi) is 13.0. The van der Waals surface area contributed by atoms with Crippen molar-refractivity contribution in [3.05, 3.63) is 25.0 Å². The minimum Gasteiger partial charge on any atom is -0.500 e. The molecule has 0 atom stereocenters. The summed E-state index contributed by atoms with van der Waals surface area (Å²) in [6, 6.07) is 0. The summed E-state index contributed by atoms with van der Waals surface area (Å²) in [6.45, 7) is 17.5. The van der Waals surface area contributed by atoms with Gasteiger partial charge in [-0.15, -0.1) is 0 Å². The van der Waals surface area contributed by atoms with Gasteiger partial charge in [0.2, 0.25) is 0 Å². The Morgan fingerprint density at radius 3 is 2.24 bits per heavy atom. The van der Waals surface area contributed by atoms with Crippen molar-refractivity contribution < 1.29 is 14.3 Å². The van der Waals surface area contributed by atoms with Crippen LogP contribution < -0.4 is 5.32 Å². The summed E-state index contributed by atoms with van der Waals surface area (Å²) in [5.74, 6) is -0.323. The molecular formula is C16H32N2O3. The van der Waals surface area contributed by atoms with E-state index in [0.29, 0.717) is 18.7 Å². The quantitative estimate of drug-likeness (QED) is 0.322. The molecule has 0 radical (unpaired) electrons. The molecule has 0 saturated carbocycles. The molecule has 0 amide bonds. The Bertz CT molecular complexity index is 307. The van der Waals surface area contributed by atoms with Crippen LogP contribution in [0.3, 0.4) is 0 Å². The third kappa shape index (κ3) is 21.1. The first kappa shape index (κ1) is 22.0. The first-order chi connectivity index (χ1) is 9.60. The summed E-state index contributed by atoms with van der Waals surface area (Å²) in [6.07, 6.45) is 1.46. The van der Waals surface area contributed by atoms with Crippen LogP contribution in [0.1, 0.15) is 27.7 Å². The van der Waals surface area contributed by atoms with Crippen LogP contribution in [0.25, 0.3) is 0 Å². The molecule has 0 aromatic heterocycles. The molecule has 0 rings (SSSR count). The van der Waals surface area contributed by atoms with Crippen molar-refractivity contribution in [2.24, 2.45) is 0 Å². The van der Waals surface area contributed by atoms with Crippen LogP contribution in [0.2, 0.25) is 0 Å². The highest BCUT2D eigenvalue weighted by Gasteiger charge is 2.08. The summed E-state index contributed by atoms with van der Waals surface area (Å²) in [7, 11) is 4.01. The molecule has 0 spiro atoms. The van der Waals surface area contributed by atoms with Crippen LogP contribution in [0.4, 0.5) is 0 Å². The van der Waals surface area contributed by atoms with Gasteiger partial charge in [0, 0.05) is 24.2 Å². The molecule has 0 aliphatic carbocycles. The smallest absolute Gasteiger partial charge is 0.333 e. The Balaban J connectivity index is 0. The third-order valence-corrected chi connectivity index (χ3v) is 2.11. The van der Waals surface area contributed by atoms with Crippen LogP contribution in [0.15, 0.2) is 25.0 Å². The summed E-state index contributed by atoms with van der Waals surface area (Å²) >= 11 is 0. The van der Waals surface area contributed by atoms with Gasteiger partial charge in [-0.05, 0) is 41.8 Å². The Labute approximate surface area is 130 Å². The first-order valence-corrected chi connectivity index (χ1v) is 7.05. The molecule has 124 valence electrons. The van der Waals surface area contributed by atoms with E-state index < -0.39 is 0 Å². The number of hydrogen-bond donors (Lipinski definition) is 1. The minimum atomic E-state index is -0.323. The SMILES string of the molecule is C=C(C)C(=O)OCCNC(C)(C)C.C=COCCN(C)C. The molecule has 21 heavy (non-hydrogen) atoms. The number of rotatable bonds is 8. The molecule has 0 aromatic rings. The number of carbonyl (C=O) groups excluding carboxylic acids is 1. The summed E-state index contributed by atoms with van der Waals surface area (Å²) in [5.41, 5.74) is 0.506. The summed E-state index contributed by atoms with van der Waals surface area (Å²) in [4.78, 5) is 13.0. The zero-order valence-electron chi connectivity index (χ0n) is 14.5. The number of ether oxygens (including phenoxy) is 2. The highest BCUT2D eigenvalue weighted by atomic mass is 16.5. The van der Waals surface area contributed by atoms with E-state index in [9.17, 15) is 4.79 Å². The van der Waals surface area contributed by atoms with Crippen molar-refractivity contribution in [1.29, 1.82) is 0 Å². The minimum absolute atomic E-state index is 0.0651. The van der Waals surface area contributed by atoms with Gasteiger partial charge in [-0.25, -0.2) is 4.79 Å². The molecule has 0 aliphatic heterocycles. The summed E-state index contributed by atoms with van der Waals surface area (Å²) < 4.78 is 9.76. The number of esters is 1. The van der Waals surface area contributed by atoms with Gasteiger partial charge in [0.25, 0.3) is 0 Å². The van der Waals surface area contributed by atoms with Crippen molar-refractivity contribution in [3.63, 3.8) is 0 Å². The molecule has 0 unspecified atom stereocenters.